The molecule has 0 spiro atoms. The molecule has 7 nitrogen and oxygen atoms in total. The van der Waals surface area contributed by atoms with Crippen LogP contribution in [0.3, 0.4) is 0 Å². The number of nitrogens with one attached hydrogen (secondary N) is 2. The maximum Gasteiger partial charge on any atom is 0.266 e. The van der Waals surface area contributed by atoms with Crippen LogP contribution in [0.5, 0.6) is 11.5 Å². The van der Waals surface area contributed by atoms with Crippen LogP contribution in [0.2, 0.25) is 5.02 Å². The molecule has 30 heavy (non-hydrogen) atoms. The Morgan fingerprint density at radius 3 is 2.63 bits per heavy atom. The maximum absolute atomic E-state index is 13.8. The molecule has 11 heteroatoms. The first kappa shape index (κ1) is 20.0. The van der Waals surface area contributed by atoms with E-state index in [-0.39, 0.29) is 34.5 Å². The number of halogens is 3. The van der Waals surface area contributed by atoms with Crippen LogP contribution in [0.4, 0.5) is 14.5 Å². The summed E-state index contributed by atoms with van der Waals surface area (Å²) in [6, 6.07) is 11.9. The number of rotatable bonds is 4. The quantitative estimate of drug-likeness (QED) is 0.625. The number of benzene rings is 2. The Morgan fingerprint density at radius 1 is 1.10 bits per heavy atom. The van der Waals surface area contributed by atoms with Gasteiger partial charge in [-0.05, 0) is 24.3 Å². The third-order valence-corrected chi connectivity index (χ3v) is 5.77. The lowest BCUT2D eigenvalue weighted by Crippen LogP contribution is -2.40. The van der Waals surface area contributed by atoms with Crippen molar-refractivity contribution < 1.29 is 21.9 Å². The summed E-state index contributed by atoms with van der Waals surface area (Å²) in [5.41, 5.74) is -0.00115. The summed E-state index contributed by atoms with van der Waals surface area (Å²) >= 11 is 6.12. The second-order valence-corrected chi connectivity index (χ2v) is 8.20. The molecule has 1 aliphatic heterocycles. The third-order valence-electron chi connectivity index (χ3n) is 4.08. The lowest BCUT2D eigenvalue weighted by atomic mass is 10.2. The molecule has 2 N–H and O–H groups in total. The molecule has 4 rings (SSSR count). The van der Waals surface area contributed by atoms with Gasteiger partial charge in [0, 0.05) is 6.07 Å². The fraction of sp³-hybridized carbons (Fsp3) is 0.0526. The molecular weight excluding hydrogens is 438 g/mol. The zero-order chi connectivity index (χ0) is 21.3. The first-order valence-electron chi connectivity index (χ1n) is 8.53. The van der Waals surface area contributed by atoms with Crippen molar-refractivity contribution >= 4 is 33.3 Å². The van der Waals surface area contributed by atoms with Gasteiger partial charge in [-0.3, -0.25) is 4.98 Å². The van der Waals surface area contributed by atoms with Gasteiger partial charge in [0.1, 0.15) is 28.0 Å². The number of aliphatic imine (C=N–C) groups is 1. The van der Waals surface area contributed by atoms with E-state index in [2.05, 4.69) is 20.0 Å². The highest BCUT2D eigenvalue weighted by molar-refractivity contribution is 7.90. The van der Waals surface area contributed by atoms with Crippen molar-refractivity contribution in [1.82, 2.24) is 9.71 Å². The van der Waals surface area contributed by atoms with Crippen molar-refractivity contribution in [2.75, 3.05) is 5.32 Å². The van der Waals surface area contributed by atoms with Gasteiger partial charge >= 0.3 is 0 Å². The predicted octanol–water partition coefficient (Wildman–Crippen LogP) is 4.07. The van der Waals surface area contributed by atoms with Crippen LogP contribution in [0.15, 0.2) is 64.6 Å². The molecule has 0 saturated carbocycles. The Labute approximate surface area is 175 Å². The Kier molecular flexibility index (Phi) is 5.27. The molecule has 0 amide bonds. The van der Waals surface area contributed by atoms with E-state index in [0.717, 1.165) is 6.20 Å². The molecule has 0 radical (unpaired) electrons. The first-order valence-corrected chi connectivity index (χ1v) is 10.4. The van der Waals surface area contributed by atoms with E-state index in [1.807, 2.05) is 0 Å². The number of para-hydroxylation sites is 2. The van der Waals surface area contributed by atoms with Gasteiger partial charge < -0.3 is 10.1 Å². The maximum atomic E-state index is 13.8. The van der Waals surface area contributed by atoms with Crippen molar-refractivity contribution in [2.24, 2.45) is 4.99 Å². The summed E-state index contributed by atoms with van der Waals surface area (Å²) in [5.74, 6) is -1.34. The fourth-order valence-corrected chi connectivity index (χ4v) is 4.03. The highest BCUT2D eigenvalue weighted by atomic mass is 35.5. The molecular formula is C19H13ClF2N4O3S. The second-order valence-electron chi connectivity index (χ2n) is 6.14. The fourth-order valence-electron chi connectivity index (χ4n) is 2.70. The van der Waals surface area contributed by atoms with Gasteiger partial charge in [-0.2, -0.15) is 0 Å². The summed E-state index contributed by atoms with van der Waals surface area (Å²) in [4.78, 5) is 7.58. The van der Waals surface area contributed by atoms with E-state index in [4.69, 9.17) is 16.3 Å². The summed E-state index contributed by atoms with van der Waals surface area (Å²) in [5, 5.41) is 3.18. The predicted molar refractivity (Wildman–Crippen MR) is 107 cm³/mol. The van der Waals surface area contributed by atoms with E-state index in [9.17, 15) is 17.2 Å². The lowest BCUT2D eigenvalue weighted by Gasteiger charge is -2.23. The smallest absolute Gasteiger partial charge is 0.266 e. The van der Waals surface area contributed by atoms with Crippen molar-refractivity contribution in [3.63, 3.8) is 0 Å². The Morgan fingerprint density at radius 2 is 1.87 bits per heavy atom. The highest BCUT2D eigenvalue weighted by Gasteiger charge is 2.29. The molecule has 0 saturated heterocycles. The number of nitrogens with zero attached hydrogens (tertiary/aromatic N) is 2. The molecule has 0 fully saturated rings. The van der Waals surface area contributed by atoms with Crippen LogP contribution in [0, 0.1) is 11.6 Å². The highest BCUT2D eigenvalue weighted by Crippen LogP contribution is 2.38. The normalized spacial score (nSPS) is 15.8. The van der Waals surface area contributed by atoms with Crippen LogP contribution >= 0.6 is 11.6 Å². The van der Waals surface area contributed by atoms with Crippen molar-refractivity contribution in [1.29, 1.82) is 0 Å². The number of anilines is 1. The number of fused-ring (bicyclic) bond motifs is 1. The minimum atomic E-state index is -3.97. The molecule has 0 atom stereocenters. The summed E-state index contributed by atoms with van der Waals surface area (Å²) in [6.45, 7) is -0.320. The molecule has 0 aliphatic carbocycles. The minimum absolute atomic E-state index is 0.0582. The molecule has 3 aromatic rings. The van der Waals surface area contributed by atoms with Crippen LogP contribution in [-0.2, 0) is 16.6 Å². The Hall–Kier alpha value is -3.24. The van der Waals surface area contributed by atoms with Gasteiger partial charge in [0.15, 0.2) is 5.75 Å². The lowest BCUT2D eigenvalue weighted by molar-refractivity contribution is 0.483. The zero-order valence-corrected chi connectivity index (χ0v) is 16.6. The second kappa shape index (κ2) is 7.88. The average Bonchev–Trinajstić information content (AvgIpc) is 2.69. The van der Waals surface area contributed by atoms with E-state index in [0.29, 0.717) is 16.8 Å². The Bertz CT molecular complexity index is 1270. The van der Waals surface area contributed by atoms with Crippen molar-refractivity contribution in [3.8, 4) is 11.5 Å². The van der Waals surface area contributed by atoms with Crippen LogP contribution in [-0.4, -0.2) is 19.4 Å². The number of hydrogen-bond acceptors (Lipinski definition) is 5. The number of hydrogen-bond donors (Lipinski definition) is 2. The number of sulfonamides is 1. The van der Waals surface area contributed by atoms with Crippen molar-refractivity contribution in [3.05, 3.63) is 77.1 Å². The standard InChI is InChI=1S/C19H13ClF2N4O3S/c20-12-4-1-2-5-15(12)29-16-6-3-7-17-18(16)25-19(26-30(17,27)28)24-10-14-13(22)8-11(21)9-23-14/h1-9H,10H2,(H2,24,25,26). The average molecular weight is 451 g/mol. The number of guanidine groups is 1. The minimum Gasteiger partial charge on any atom is -0.454 e. The summed E-state index contributed by atoms with van der Waals surface area (Å²) in [7, 11) is -3.97. The van der Waals surface area contributed by atoms with Gasteiger partial charge in [0.25, 0.3) is 10.0 Å². The van der Waals surface area contributed by atoms with E-state index in [1.54, 1.807) is 30.3 Å². The van der Waals surface area contributed by atoms with Gasteiger partial charge in [0.2, 0.25) is 5.96 Å². The van der Waals surface area contributed by atoms with Gasteiger partial charge in [-0.25, -0.2) is 26.9 Å². The van der Waals surface area contributed by atoms with Crippen LogP contribution < -0.4 is 14.8 Å². The molecule has 0 bridgehead atoms. The van der Waals surface area contributed by atoms with E-state index >= 15 is 0 Å². The topological polar surface area (TPSA) is 92.7 Å². The third kappa shape index (κ3) is 4.05. The number of pyridine rings is 1. The van der Waals surface area contributed by atoms with Gasteiger partial charge in [-0.15, -0.1) is 0 Å². The van der Waals surface area contributed by atoms with Crippen LogP contribution in [0.1, 0.15) is 5.69 Å². The number of ether oxygens (including phenoxy) is 1. The molecule has 1 aliphatic rings. The monoisotopic (exact) mass is 450 g/mol. The SMILES string of the molecule is O=S1(=O)NC(=NCc2ncc(F)cc2F)Nc2c(Oc3ccccc3Cl)cccc21. The molecule has 1 aromatic heterocycles. The summed E-state index contributed by atoms with van der Waals surface area (Å²) < 4.78 is 60.1. The largest absolute Gasteiger partial charge is 0.454 e. The van der Waals surface area contributed by atoms with Gasteiger partial charge in [-0.1, -0.05) is 29.8 Å². The molecule has 154 valence electrons. The van der Waals surface area contributed by atoms with Crippen LogP contribution in [0.25, 0.3) is 0 Å². The van der Waals surface area contributed by atoms with Crippen molar-refractivity contribution in [2.45, 2.75) is 11.4 Å². The molecule has 2 heterocycles. The molecule has 2 aromatic carbocycles. The van der Waals surface area contributed by atoms with Gasteiger partial charge in [0.05, 0.1) is 23.5 Å². The number of aromatic nitrogens is 1. The Balaban J connectivity index is 1.68. The zero-order valence-electron chi connectivity index (χ0n) is 15.1. The van der Waals surface area contributed by atoms with E-state index in [1.165, 1.54) is 12.1 Å². The summed E-state index contributed by atoms with van der Waals surface area (Å²) in [6.07, 6.45) is 0.849. The first-order chi connectivity index (χ1) is 14.3. The van der Waals surface area contributed by atoms with E-state index < -0.39 is 21.7 Å². The molecule has 0 unspecified atom stereocenters.